The summed E-state index contributed by atoms with van der Waals surface area (Å²) in [6.45, 7) is 13.1. The van der Waals surface area contributed by atoms with Gasteiger partial charge in [-0.05, 0) is 47.6 Å². The fraction of sp³-hybridized carbons (Fsp3) is 0.882. The average Bonchev–Trinajstić information content (AvgIpc) is 2.54. The van der Waals surface area contributed by atoms with Crippen LogP contribution in [0.5, 0.6) is 0 Å². The monoisotopic (exact) mass is 326 g/mol. The third-order valence-electron chi connectivity index (χ3n) is 4.35. The molecule has 0 aliphatic carbocycles. The molecule has 0 amide bonds. The molecule has 0 saturated carbocycles. The minimum Gasteiger partial charge on any atom is -0.466 e. The van der Waals surface area contributed by atoms with E-state index in [0.29, 0.717) is 12.6 Å². The van der Waals surface area contributed by atoms with E-state index >= 15 is 0 Å². The lowest BCUT2D eigenvalue weighted by Crippen LogP contribution is -2.47. The van der Waals surface area contributed by atoms with Gasteiger partial charge >= 0.3 is 5.97 Å². The molecule has 6 heteroatoms. The minimum atomic E-state index is -0.0485. The largest absolute Gasteiger partial charge is 0.466 e. The predicted octanol–water partition coefficient (Wildman–Crippen LogP) is 1.57. The van der Waals surface area contributed by atoms with E-state index in [1.165, 1.54) is 0 Å². The molecule has 23 heavy (non-hydrogen) atoms. The maximum atomic E-state index is 11.8. The zero-order valence-corrected chi connectivity index (χ0v) is 15.5. The quantitative estimate of drug-likeness (QED) is 0.437. The van der Waals surface area contributed by atoms with Crippen LogP contribution in [-0.4, -0.2) is 74.1 Å². The van der Waals surface area contributed by atoms with Crippen LogP contribution < -0.4 is 5.32 Å². The van der Waals surface area contributed by atoms with E-state index in [1.54, 1.807) is 0 Å². The van der Waals surface area contributed by atoms with Crippen molar-refractivity contribution in [3.63, 3.8) is 0 Å². The lowest BCUT2D eigenvalue weighted by atomic mass is 9.97. The molecule has 0 unspecified atom stereocenters. The van der Waals surface area contributed by atoms with E-state index in [-0.39, 0.29) is 11.9 Å². The van der Waals surface area contributed by atoms with Gasteiger partial charge in [-0.3, -0.25) is 9.79 Å². The number of carbonyl (C=O) groups excluding carboxylic acids is 1. The number of nitrogens with zero attached hydrogens (tertiary/aromatic N) is 3. The fourth-order valence-corrected chi connectivity index (χ4v) is 2.58. The number of esters is 1. The second-order valence-corrected chi connectivity index (χ2v) is 6.32. The highest BCUT2D eigenvalue weighted by molar-refractivity contribution is 5.80. The molecule has 0 aromatic heterocycles. The Morgan fingerprint density at radius 3 is 2.52 bits per heavy atom. The van der Waals surface area contributed by atoms with Crippen molar-refractivity contribution in [2.24, 2.45) is 10.9 Å². The van der Waals surface area contributed by atoms with Crippen LogP contribution in [0, 0.1) is 5.92 Å². The van der Waals surface area contributed by atoms with Gasteiger partial charge in [-0.15, -0.1) is 0 Å². The molecule has 0 atom stereocenters. The van der Waals surface area contributed by atoms with Crippen molar-refractivity contribution >= 4 is 11.9 Å². The van der Waals surface area contributed by atoms with Crippen molar-refractivity contribution in [2.75, 3.05) is 46.4 Å². The normalized spacial score (nSPS) is 17.0. The van der Waals surface area contributed by atoms with Crippen molar-refractivity contribution in [3.05, 3.63) is 0 Å². The molecule has 0 aromatic carbocycles. The van der Waals surface area contributed by atoms with Crippen LogP contribution >= 0.6 is 0 Å². The summed E-state index contributed by atoms with van der Waals surface area (Å²) in [5, 5.41) is 3.37. The summed E-state index contributed by atoms with van der Waals surface area (Å²) < 4.78 is 5.13. The molecule has 1 heterocycles. The summed E-state index contributed by atoms with van der Waals surface area (Å²) in [6.07, 6.45) is 1.68. The number of hydrogen-bond acceptors (Lipinski definition) is 4. The van der Waals surface area contributed by atoms with Gasteiger partial charge in [0.25, 0.3) is 0 Å². The number of likely N-dealkylation sites (N-methyl/N-ethyl adjacent to an activating group) is 1. The molecule has 0 spiro atoms. The predicted molar refractivity (Wildman–Crippen MR) is 94.7 cm³/mol. The molecular weight excluding hydrogens is 292 g/mol. The van der Waals surface area contributed by atoms with Gasteiger partial charge in [-0.2, -0.15) is 0 Å². The number of piperidine rings is 1. The first-order valence-corrected chi connectivity index (χ1v) is 8.89. The molecule has 1 aliphatic heterocycles. The number of hydrogen-bond donors (Lipinski definition) is 1. The topological polar surface area (TPSA) is 57.2 Å². The molecule has 0 radical (unpaired) electrons. The first kappa shape index (κ1) is 19.7. The van der Waals surface area contributed by atoms with Crippen molar-refractivity contribution in [1.29, 1.82) is 0 Å². The Bertz CT molecular complexity index is 377. The third-order valence-corrected chi connectivity index (χ3v) is 4.35. The first-order chi connectivity index (χ1) is 11.0. The molecule has 0 aromatic rings. The van der Waals surface area contributed by atoms with Gasteiger partial charge in [0.05, 0.1) is 19.1 Å². The van der Waals surface area contributed by atoms with Gasteiger partial charge < -0.3 is 19.9 Å². The second kappa shape index (κ2) is 10.5. The summed E-state index contributed by atoms with van der Waals surface area (Å²) in [7, 11) is 2.12. The van der Waals surface area contributed by atoms with Gasteiger partial charge in [0.1, 0.15) is 0 Å². The van der Waals surface area contributed by atoms with Crippen LogP contribution in [0.3, 0.4) is 0 Å². The highest BCUT2D eigenvalue weighted by atomic mass is 16.5. The van der Waals surface area contributed by atoms with E-state index in [0.717, 1.165) is 51.5 Å². The Morgan fingerprint density at radius 1 is 1.35 bits per heavy atom. The van der Waals surface area contributed by atoms with Crippen molar-refractivity contribution in [3.8, 4) is 0 Å². The van der Waals surface area contributed by atoms with Crippen LogP contribution in [0.2, 0.25) is 0 Å². The van der Waals surface area contributed by atoms with E-state index in [4.69, 9.17) is 9.73 Å². The Hall–Kier alpha value is -1.30. The van der Waals surface area contributed by atoms with Crippen LogP contribution in [0.15, 0.2) is 4.99 Å². The maximum Gasteiger partial charge on any atom is 0.309 e. The number of aliphatic imine (C=N–C) groups is 1. The Balaban J connectivity index is 2.50. The molecule has 0 bridgehead atoms. The Kier molecular flexibility index (Phi) is 8.99. The van der Waals surface area contributed by atoms with Crippen LogP contribution in [0.25, 0.3) is 0 Å². The number of nitrogens with one attached hydrogen (secondary N) is 1. The lowest BCUT2D eigenvalue weighted by Gasteiger charge is -2.33. The fourth-order valence-electron chi connectivity index (χ4n) is 2.58. The molecule has 6 nitrogen and oxygen atoms in total. The average molecular weight is 326 g/mol. The molecule has 134 valence electrons. The number of guanidine groups is 1. The Morgan fingerprint density at radius 2 is 2.00 bits per heavy atom. The van der Waals surface area contributed by atoms with E-state index < -0.39 is 0 Å². The van der Waals surface area contributed by atoms with Crippen molar-refractivity contribution in [1.82, 2.24) is 15.1 Å². The van der Waals surface area contributed by atoms with E-state index in [2.05, 4.69) is 42.9 Å². The molecular formula is C17H34N4O2. The highest BCUT2D eigenvalue weighted by Gasteiger charge is 2.27. The molecule has 1 fully saturated rings. The van der Waals surface area contributed by atoms with Crippen molar-refractivity contribution < 1.29 is 9.53 Å². The van der Waals surface area contributed by atoms with Gasteiger partial charge in [-0.25, -0.2) is 0 Å². The number of rotatable bonds is 7. The molecule has 1 aliphatic rings. The molecule has 1 N–H and O–H groups in total. The summed E-state index contributed by atoms with van der Waals surface area (Å²) in [6, 6.07) is 0.535. The van der Waals surface area contributed by atoms with Crippen molar-refractivity contribution in [2.45, 2.75) is 46.6 Å². The molecule has 1 saturated heterocycles. The maximum absolute atomic E-state index is 11.8. The van der Waals surface area contributed by atoms with Crippen LogP contribution in [0.1, 0.15) is 40.5 Å². The zero-order chi connectivity index (χ0) is 17.2. The number of likely N-dealkylation sites (tertiary alicyclic amines) is 1. The Labute approximate surface area is 141 Å². The zero-order valence-electron chi connectivity index (χ0n) is 15.5. The number of ether oxygens (including phenoxy) is 1. The summed E-state index contributed by atoms with van der Waals surface area (Å²) >= 11 is 0. The molecule has 1 rings (SSSR count). The second-order valence-electron chi connectivity index (χ2n) is 6.32. The highest BCUT2D eigenvalue weighted by Crippen LogP contribution is 2.18. The van der Waals surface area contributed by atoms with Gasteiger partial charge in [0, 0.05) is 32.2 Å². The van der Waals surface area contributed by atoms with Crippen LogP contribution in [-0.2, 0) is 9.53 Å². The number of carbonyl (C=O) groups is 1. The SMILES string of the molecule is CCNC(=NCCN(C)C(C)C)N1CCC(C(=O)OCC)CC1. The minimum absolute atomic E-state index is 0.0427. The lowest BCUT2D eigenvalue weighted by molar-refractivity contribution is -0.149. The van der Waals surface area contributed by atoms with Gasteiger partial charge in [0.2, 0.25) is 0 Å². The third kappa shape index (κ3) is 6.77. The first-order valence-electron chi connectivity index (χ1n) is 8.89. The standard InChI is InChI=1S/C17H34N4O2/c1-6-18-17(19-10-13-20(5)14(3)4)21-11-8-15(9-12-21)16(22)23-7-2/h14-15H,6-13H2,1-5H3,(H,18,19). The summed E-state index contributed by atoms with van der Waals surface area (Å²) in [5.41, 5.74) is 0. The van der Waals surface area contributed by atoms with Crippen LogP contribution in [0.4, 0.5) is 0 Å². The smallest absolute Gasteiger partial charge is 0.309 e. The van der Waals surface area contributed by atoms with Gasteiger partial charge in [0.15, 0.2) is 5.96 Å². The summed E-state index contributed by atoms with van der Waals surface area (Å²) in [5.74, 6) is 0.959. The van der Waals surface area contributed by atoms with E-state index in [9.17, 15) is 4.79 Å². The van der Waals surface area contributed by atoms with E-state index in [1.807, 2.05) is 6.92 Å². The summed E-state index contributed by atoms with van der Waals surface area (Å²) in [4.78, 5) is 21.1. The van der Waals surface area contributed by atoms with Gasteiger partial charge in [-0.1, -0.05) is 0 Å².